The van der Waals surface area contributed by atoms with E-state index in [2.05, 4.69) is 46.0 Å². The lowest BCUT2D eigenvalue weighted by Gasteiger charge is -2.37. The van der Waals surface area contributed by atoms with Crippen molar-refractivity contribution in [3.05, 3.63) is 11.9 Å². The van der Waals surface area contributed by atoms with Crippen molar-refractivity contribution in [3.8, 4) is 0 Å². The number of aryl methyl sites for hydroxylation is 1. The van der Waals surface area contributed by atoms with Gasteiger partial charge in [0.1, 0.15) is 17.5 Å². The minimum atomic E-state index is 0.611. The molecular weight excluding hydrogens is 240 g/mol. The topological polar surface area (TPSA) is 70.3 Å². The number of nitrogens with two attached hydrogens (primary N) is 1. The number of aromatic nitrogens is 2. The van der Waals surface area contributed by atoms with Crippen LogP contribution in [-0.4, -0.2) is 47.1 Å². The second kappa shape index (κ2) is 6.16. The number of piperazine rings is 1. The van der Waals surface area contributed by atoms with Gasteiger partial charge in [-0.25, -0.2) is 15.8 Å². The highest BCUT2D eigenvalue weighted by molar-refractivity contribution is 5.49. The summed E-state index contributed by atoms with van der Waals surface area (Å²) in [6, 6.07) is 2.53. The first-order valence-electron chi connectivity index (χ1n) is 6.97. The van der Waals surface area contributed by atoms with E-state index in [0.717, 1.165) is 44.2 Å². The number of nitrogen functional groups attached to an aromatic ring is 1. The number of hydrogen-bond donors (Lipinski definition) is 2. The fourth-order valence-electron chi connectivity index (χ4n) is 2.34. The summed E-state index contributed by atoms with van der Waals surface area (Å²) in [7, 11) is 0. The van der Waals surface area contributed by atoms with Crippen LogP contribution < -0.4 is 16.2 Å². The third kappa shape index (κ3) is 3.33. The minimum Gasteiger partial charge on any atom is -0.354 e. The molecule has 1 aliphatic heterocycles. The van der Waals surface area contributed by atoms with Crippen molar-refractivity contribution >= 4 is 11.6 Å². The van der Waals surface area contributed by atoms with E-state index in [4.69, 9.17) is 5.84 Å². The third-order valence-electron chi connectivity index (χ3n) is 3.59. The molecule has 0 spiro atoms. The molecule has 1 aromatic heterocycles. The lowest BCUT2D eigenvalue weighted by Crippen LogP contribution is -2.49. The molecule has 0 amide bonds. The maximum Gasteiger partial charge on any atom is 0.145 e. The van der Waals surface area contributed by atoms with E-state index >= 15 is 0 Å². The van der Waals surface area contributed by atoms with Crippen molar-refractivity contribution in [3.63, 3.8) is 0 Å². The zero-order valence-corrected chi connectivity index (χ0v) is 12.1. The first kappa shape index (κ1) is 14.0. The van der Waals surface area contributed by atoms with Crippen LogP contribution in [0.5, 0.6) is 0 Å². The Hall–Kier alpha value is -1.40. The van der Waals surface area contributed by atoms with Crippen LogP contribution in [0.2, 0.25) is 0 Å². The number of anilines is 2. The van der Waals surface area contributed by atoms with Crippen molar-refractivity contribution < 1.29 is 0 Å². The lowest BCUT2D eigenvalue weighted by atomic mass is 10.2. The second-order valence-electron chi connectivity index (χ2n) is 5.14. The number of nitrogens with zero attached hydrogens (tertiary/aromatic N) is 4. The SMILES string of the molecule is CCc1nc(NN)cc(N2CCN(C(C)C)CC2)n1. The van der Waals surface area contributed by atoms with Gasteiger partial charge >= 0.3 is 0 Å². The normalized spacial score (nSPS) is 17.0. The maximum absolute atomic E-state index is 5.47. The monoisotopic (exact) mass is 264 g/mol. The standard InChI is InChI=1S/C13H24N6/c1-4-11-15-12(17-14)9-13(16-11)19-7-5-18(6-8-19)10(2)3/h9-10H,4-8,14H2,1-3H3,(H,15,16,17). The summed E-state index contributed by atoms with van der Waals surface area (Å²) in [5.74, 6) is 7.96. The quantitative estimate of drug-likeness (QED) is 0.621. The van der Waals surface area contributed by atoms with E-state index in [1.165, 1.54) is 0 Å². The highest BCUT2D eigenvalue weighted by Crippen LogP contribution is 2.18. The van der Waals surface area contributed by atoms with Gasteiger partial charge in [-0.2, -0.15) is 0 Å². The van der Waals surface area contributed by atoms with Crippen molar-refractivity contribution in [1.29, 1.82) is 0 Å². The Morgan fingerprint density at radius 3 is 2.47 bits per heavy atom. The molecule has 0 aromatic carbocycles. The molecule has 1 fully saturated rings. The molecule has 106 valence electrons. The molecule has 0 atom stereocenters. The Balaban J connectivity index is 2.10. The third-order valence-corrected chi connectivity index (χ3v) is 3.59. The van der Waals surface area contributed by atoms with E-state index in [1.807, 2.05) is 6.07 Å². The van der Waals surface area contributed by atoms with Crippen LogP contribution in [0.1, 0.15) is 26.6 Å². The predicted molar refractivity (Wildman–Crippen MR) is 78.1 cm³/mol. The van der Waals surface area contributed by atoms with Crippen molar-refractivity contribution in [2.24, 2.45) is 5.84 Å². The zero-order valence-electron chi connectivity index (χ0n) is 12.1. The molecule has 19 heavy (non-hydrogen) atoms. The average molecular weight is 264 g/mol. The number of rotatable bonds is 4. The van der Waals surface area contributed by atoms with Gasteiger partial charge < -0.3 is 10.3 Å². The molecule has 0 saturated carbocycles. The lowest BCUT2D eigenvalue weighted by molar-refractivity contribution is 0.209. The summed E-state index contributed by atoms with van der Waals surface area (Å²) in [5, 5.41) is 0. The van der Waals surface area contributed by atoms with Gasteiger partial charge in [0.15, 0.2) is 0 Å². The molecule has 0 unspecified atom stereocenters. The maximum atomic E-state index is 5.47. The fourth-order valence-corrected chi connectivity index (χ4v) is 2.34. The van der Waals surface area contributed by atoms with Crippen molar-refractivity contribution in [2.45, 2.75) is 33.2 Å². The molecule has 6 nitrogen and oxygen atoms in total. The summed E-state index contributed by atoms with van der Waals surface area (Å²) in [4.78, 5) is 13.7. The fraction of sp³-hybridized carbons (Fsp3) is 0.692. The average Bonchev–Trinajstić information content (AvgIpc) is 2.46. The molecular formula is C13H24N6. The van der Waals surface area contributed by atoms with Crippen molar-refractivity contribution in [2.75, 3.05) is 36.5 Å². The zero-order chi connectivity index (χ0) is 13.8. The highest BCUT2D eigenvalue weighted by atomic mass is 15.3. The van der Waals surface area contributed by atoms with Crippen LogP contribution in [-0.2, 0) is 6.42 Å². The molecule has 2 heterocycles. The van der Waals surface area contributed by atoms with Crippen LogP contribution in [0.3, 0.4) is 0 Å². The van der Waals surface area contributed by atoms with Gasteiger partial charge in [-0.05, 0) is 13.8 Å². The van der Waals surface area contributed by atoms with Gasteiger partial charge in [-0.1, -0.05) is 6.92 Å². The first-order valence-corrected chi connectivity index (χ1v) is 6.97. The molecule has 6 heteroatoms. The van der Waals surface area contributed by atoms with Gasteiger partial charge in [0.25, 0.3) is 0 Å². The van der Waals surface area contributed by atoms with Crippen LogP contribution in [0, 0.1) is 0 Å². The smallest absolute Gasteiger partial charge is 0.145 e. The Labute approximate surface area is 115 Å². The Bertz CT molecular complexity index is 389. The van der Waals surface area contributed by atoms with Gasteiger partial charge in [-0.3, -0.25) is 4.90 Å². The number of hydrogen-bond acceptors (Lipinski definition) is 6. The second-order valence-corrected chi connectivity index (χ2v) is 5.14. The van der Waals surface area contributed by atoms with Gasteiger partial charge in [-0.15, -0.1) is 0 Å². The molecule has 1 saturated heterocycles. The Morgan fingerprint density at radius 1 is 1.26 bits per heavy atom. The van der Waals surface area contributed by atoms with E-state index in [0.29, 0.717) is 11.9 Å². The van der Waals surface area contributed by atoms with Crippen LogP contribution in [0.4, 0.5) is 11.6 Å². The molecule has 0 radical (unpaired) electrons. The number of hydrazine groups is 1. The van der Waals surface area contributed by atoms with Crippen molar-refractivity contribution in [1.82, 2.24) is 14.9 Å². The molecule has 1 aliphatic rings. The molecule has 0 bridgehead atoms. The molecule has 1 aromatic rings. The summed E-state index contributed by atoms with van der Waals surface area (Å²) in [6.07, 6.45) is 0.814. The van der Waals surface area contributed by atoms with Crippen LogP contribution >= 0.6 is 0 Å². The van der Waals surface area contributed by atoms with Crippen LogP contribution in [0.25, 0.3) is 0 Å². The van der Waals surface area contributed by atoms with Gasteiger partial charge in [0.2, 0.25) is 0 Å². The molecule has 2 rings (SSSR count). The largest absolute Gasteiger partial charge is 0.354 e. The first-order chi connectivity index (χ1) is 9.13. The minimum absolute atomic E-state index is 0.611. The molecule has 3 N–H and O–H groups in total. The predicted octanol–water partition coefficient (Wildman–Crippen LogP) is 0.855. The van der Waals surface area contributed by atoms with Gasteiger partial charge in [0, 0.05) is 44.7 Å². The summed E-state index contributed by atoms with van der Waals surface area (Å²) in [5.41, 5.74) is 2.62. The van der Waals surface area contributed by atoms with E-state index < -0.39 is 0 Å². The highest BCUT2D eigenvalue weighted by Gasteiger charge is 2.20. The van der Waals surface area contributed by atoms with E-state index in [-0.39, 0.29) is 0 Å². The molecule has 0 aliphatic carbocycles. The number of nitrogens with one attached hydrogen (secondary N) is 1. The summed E-state index contributed by atoms with van der Waals surface area (Å²) in [6.45, 7) is 10.7. The van der Waals surface area contributed by atoms with E-state index in [9.17, 15) is 0 Å². The summed E-state index contributed by atoms with van der Waals surface area (Å²) >= 11 is 0. The van der Waals surface area contributed by atoms with Crippen LogP contribution in [0.15, 0.2) is 6.07 Å². The Morgan fingerprint density at radius 2 is 1.95 bits per heavy atom. The van der Waals surface area contributed by atoms with E-state index in [1.54, 1.807) is 0 Å². The summed E-state index contributed by atoms with van der Waals surface area (Å²) < 4.78 is 0. The van der Waals surface area contributed by atoms with Gasteiger partial charge in [0.05, 0.1) is 0 Å². The Kier molecular flexibility index (Phi) is 4.55.